The van der Waals surface area contributed by atoms with Crippen molar-refractivity contribution in [2.24, 2.45) is 0 Å². The van der Waals surface area contributed by atoms with Crippen molar-refractivity contribution in [1.29, 1.82) is 0 Å². The number of halogens is 1. The van der Waals surface area contributed by atoms with Gasteiger partial charge in [-0.05, 0) is 49.7 Å². The van der Waals surface area contributed by atoms with Crippen LogP contribution in [0.25, 0.3) is 22.2 Å². The summed E-state index contributed by atoms with van der Waals surface area (Å²) in [7, 11) is 0. The summed E-state index contributed by atoms with van der Waals surface area (Å²) in [5.41, 5.74) is 4.30. The quantitative estimate of drug-likeness (QED) is 0.600. The first-order valence-corrected chi connectivity index (χ1v) is 10.7. The Morgan fingerprint density at radius 1 is 1.17 bits per heavy atom. The summed E-state index contributed by atoms with van der Waals surface area (Å²) < 4.78 is 5.38. The Balaban J connectivity index is 1.55. The Labute approximate surface area is 182 Å². The van der Waals surface area contributed by atoms with Crippen molar-refractivity contribution >= 4 is 28.4 Å². The molecular formula is C24H26ClN3O2. The number of fused-ring (bicyclic) bond motifs is 1. The molecule has 4 rings (SSSR count). The van der Waals surface area contributed by atoms with Gasteiger partial charge in [-0.25, -0.2) is 4.98 Å². The third-order valence-electron chi connectivity index (χ3n) is 5.48. The van der Waals surface area contributed by atoms with Crippen molar-refractivity contribution < 1.29 is 9.53 Å². The zero-order valence-electron chi connectivity index (χ0n) is 17.2. The molecular weight excluding hydrogens is 398 g/mol. The molecule has 5 nitrogen and oxygen atoms in total. The molecule has 1 N–H and O–H groups in total. The predicted molar refractivity (Wildman–Crippen MR) is 121 cm³/mol. The van der Waals surface area contributed by atoms with Crippen molar-refractivity contribution in [1.82, 2.24) is 15.2 Å². The lowest BCUT2D eigenvalue weighted by molar-refractivity contribution is 0.0374. The summed E-state index contributed by atoms with van der Waals surface area (Å²) >= 11 is 6.21. The van der Waals surface area contributed by atoms with Crippen LogP contribution < -0.4 is 5.32 Å². The SMILES string of the molecule is Cc1ccccc1-c1cc(C(=O)NCCCN2CCOCC2)c2cc(Cl)ccc2n1. The van der Waals surface area contributed by atoms with Gasteiger partial charge < -0.3 is 10.1 Å². The Morgan fingerprint density at radius 3 is 2.77 bits per heavy atom. The average Bonchev–Trinajstić information content (AvgIpc) is 2.77. The van der Waals surface area contributed by atoms with Gasteiger partial charge in [0.1, 0.15) is 0 Å². The summed E-state index contributed by atoms with van der Waals surface area (Å²) in [5.74, 6) is -0.0959. The van der Waals surface area contributed by atoms with Crippen LogP contribution in [-0.2, 0) is 4.74 Å². The number of pyridine rings is 1. The molecule has 6 heteroatoms. The lowest BCUT2D eigenvalue weighted by Gasteiger charge is -2.26. The largest absolute Gasteiger partial charge is 0.379 e. The number of nitrogens with zero attached hydrogens (tertiary/aromatic N) is 2. The summed E-state index contributed by atoms with van der Waals surface area (Å²) in [6.45, 7) is 7.13. The highest BCUT2D eigenvalue weighted by atomic mass is 35.5. The molecule has 1 fully saturated rings. The lowest BCUT2D eigenvalue weighted by atomic mass is 10.0. The van der Waals surface area contributed by atoms with Crippen LogP contribution >= 0.6 is 11.6 Å². The van der Waals surface area contributed by atoms with Gasteiger partial charge >= 0.3 is 0 Å². The van der Waals surface area contributed by atoms with E-state index in [-0.39, 0.29) is 5.91 Å². The van der Waals surface area contributed by atoms with Gasteiger partial charge in [0.25, 0.3) is 5.91 Å². The number of aromatic nitrogens is 1. The van der Waals surface area contributed by atoms with Gasteiger partial charge in [0.2, 0.25) is 0 Å². The second-order valence-electron chi connectivity index (χ2n) is 7.59. The molecule has 1 aromatic heterocycles. The van der Waals surface area contributed by atoms with Gasteiger partial charge in [-0.2, -0.15) is 0 Å². The van der Waals surface area contributed by atoms with E-state index in [4.69, 9.17) is 21.3 Å². The summed E-state index contributed by atoms with van der Waals surface area (Å²) in [6, 6.07) is 15.4. The molecule has 1 saturated heterocycles. The highest BCUT2D eigenvalue weighted by Gasteiger charge is 2.16. The minimum absolute atomic E-state index is 0.0959. The molecule has 1 aliphatic rings. The fraction of sp³-hybridized carbons (Fsp3) is 0.333. The standard InChI is InChI=1S/C24H26ClN3O2/c1-17-5-2-3-6-19(17)23-16-21(20-15-18(25)7-8-22(20)27-23)24(29)26-9-4-10-28-11-13-30-14-12-28/h2-3,5-8,15-16H,4,9-14H2,1H3,(H,26,29). The molecule has 1 amide bonds. The number of benzene rings is 2. The van der Waals surface area contributed by atoms with E-state index in [0.29, 0.717) is 17.1 Å². The van der Waals surface area contributed by atoms with Gasteiger partial charge in [0.15, 0.2) is 0 Å². The van der Waals surface area contributed by atoms with Crippen LogP contribution in [0.4, 0.5) is 0 Å². The van der Waals surface area contributed by atoms with Crippen molar-refractivity contribution in [3.63, 3.8) is 0 Å². The monoisotopic (exact) mass is 423 g/mol. The van der Waals surface area contributed by atoms with Crippen LogP contribution in [0.15, 0.2) is 48.5 Å². The number of carbonyl (C=O) groups is 1. The van der Waals surface area contributed by atoms with E-state index >= 15 is 0 Å². The summed E-state index contributed by atoms with van der Waals surface area (Å²) in [6.07, 6.45) is 0.903. The normalized spacial score (nSPS) is 14.7. The number of hydrogen-bond donors (Lipinski definition) is 1. The minimum Gasteiger partial charge on any atom is -0.379 e. The van der Waals surface area contributed by atoms with Crippen LogP contribution in [0.1, 0.15) is 22.3 Å². The third-order valence-corrected chi connectivity index (χ3v) is 5.71. The molecule has 30 heavy (non-hydrogen) atoms. The molecule has 2 aromatic carbocycles. The van der Waals surface area contributed by atoms with Crippen LogP contribution in [0.5, 0.6) is 0 Å². The van der Waals surface area contributed by atoms with Crippen LogP contribution in [0, 0.1) is 6.92 Å². The number of nitrogens with one attached hydrogen (secondary N) is 1. The van der Waals surface area contributed by atoms with Gasteiger partial charge in [-0.3, -0.25) is 9.69 Å². The predicted octanol–water partition coefficient (Wildman–Crippen LogP) is 4.32. The zero-order chi connectivity index (χ0) is 20.9. The second-order valence-corrected chi connectivity index (χ2v) is 8.03. The molecule has 0 atom stereocenters. The van der Waals surface area contributed by atoms with E-state index in [1.165, 1.54) is 0 Å². The van der Waals surface area contributed by atoms with E-state index in [1.54, 1.807) is 0 Å². The first-order chi connectivity index (χ1) is 14.6. The second kappa shape index (κ2) is 9.56. The Kier molecular flexibility index (Phi) is 6.62. The van der Waals surface area contributed by atoms with Gasteiger partial charge in [-0.15, -0.1) is 0 Å². The van der Waals surface area contributed by atoms with E-state index in [9.17, 15) is 4.79 Å². The van der Waals surface area contributed by atoms with E-state index in [2.05, 4.69) is 23.2 Å². The molecule has 156 valence electrons. The highest BCUT2D eigenvalue weighted by Crippen LogP contribution is 2.28. The summed E-state index contributed by atoms with van der Waals surface area (Å²) in [5, 5.41) is 4.44. The van der Waals surface area contributed by atoms with Crippen molar-refractivity contribution in [3.05, 3.63) is 64.7 Å². The first-order valence-electron chi connectivity index (χ1n) is 10.4. The number of morpholine rings is 1. The fourth-order valence-corrected chi connectivity index (χ4v) is 3.98. The number of aryl methyl sites for hydroxylation is 1. The van der Waals surface area contributed by atoms with Crippen molar-refractivity contribution in [3.8, 4) is 11.3 Å². The van der Waals surface area contributed by atoms with E-state index in [0.717, 1.165) is 67.0 Å². The molecule has 0 aliphatic carbocycles. The molecule has 0 saturated carbocycles. The first kappa shape index (κ1) is 20.8. The number of rotatable bonds is 6. The topological polar surface area (TPSA) is 54.5 Å². The Hall–Kier alpha value is -2.47. The smallest absolute Gasteiger partial charge is 0.252 e. The maximum absolute atomic E-state index is 13.1. The van der Waals surface area contributed by atoms with Crippen LogP contribution in [-0.4, -0.2) is 55.2 Å². The maximum Gasteiger partial charge on any atom is 0.252 e. The molecule has 1 aliphatic heterocycles. The van der Waals surface area contributed by atoms with E-state index in [1.807, 2.05) is 42.5 Å². The maximum atomic E-state index is 13.1. The Morgan fingerprint density at radius 2 is 1.97 bits per heavy atom. The van der Waals surface area contributed by atoms with Crippen molar-refractivity contribution in [2.75, 3.05) is 39.4 Å². The highest BCUT2D eigenvalue weighted by molar-refractivity contribution is 6.31. The molecule has 0 bridgehead atoms. The fourth-order valence-electron chi connectivity index (χ4n) is 3.81. The van der Waals surface area contributed by atoms with Crippen LogP contribution in [0.3, 0.4) is 0 Å². The molecule has 0 unspecified atom stereocenters. The number of hydrogen-bond acceptors (Lipinski definition) is 4. The third kappa shape index (κ3) is 4.81. The lowest BCUT2D eigenvalue weighted by Crippen LogP contribution is -2.38. The van der Waals surface area contributed by atoms with Crippen molar-refractivity contribution in [2.45, 2.75) is 13.3 Å². The number of amides is 1. The Bertz CT molecular complexity index is 1050. The molecule has 0 spiro atoms. The number of ether oxygens (including phenoxy) is 1. The average molecular weight is 424 g/mol. The zero-order valence-corrected chi connectivity index (χ0v) is 17.9. The number of carbonyl (C=O) groups excluding carboxylic acids is 1. The van der Waals surface area contributed by atoms with E-state index < -0.39 is 0 Å². The molecule has 2 heterocycles. The van der Waals surface area contributed by atoms with Crippen LogP contribution in [0.2, 0.25) is 5.02 Å². The minimum atomic E-state index is -0.0959. The van der Waals surface area contributed by atoms with Gasteiger partial charge in [-0.1, -0.05) is 35.9 Å². The molecule has 0 radical (unpaired) electrons. The van der Waals surface area contributed by atoms with Gasteiger partial charge in [0.05, 0.1) is 30.0 Å². The molecule has 3 aromatic rings. The summed E-state index contributed by atoms with van der Waals surface area (Å²) in [4.78, 5) is 20.2. The van der Waals surface area contributed by atoms with Gasteiger partial charge in [0, 0.05) is 35.6 Å².